The van der Waals surface area contributed by atoms with Gasteiger partial charge in [0.1, 0.15) is 0 Å². The molecule has 0 saturated heterocycles. The number of aromatic nitrogens is 4. The first kappa shape index (κ1) is 22.1. The number of nitrogens with one attached hydrogen (secondary N) is 1. The molecule has 0 aliphatic carbocycles. The van der Waals surface area contributed by atoms with E-state index in [0.29, 0.717) is 17.1 Å². The van der Waals surface area contributed by atoms with Crippen LogP contribution in [0.15, 0.2) is 51.9 Å². The van der Waals surface area contributed by atoms with Gasteiger partial charge in [-0.15, -0.1) is 21.5 Å². The molecule has 0 bridgehead atoms. The molecule has 0 aliphatic rings. The van der Waals surface area contributed by atoms with Crippen LogP contribution in [0, 0.1) is 0 Å². The minimum atomic E-state index is -3.35. The van der Waals surface area contributed by atoms with Gasteiger partial charge in [0.05, 0.1) is 26.9 Å². The number of hydrogen-bond acceptors (Lipinski definition) is 10. The van der Waals surface area contributed by atoms with Crippen molar-refractivity contribution in [3.8, 4) is 33.6 Å². The Balaban J connectivity index is 1.64. The molecule has 0 atom stereocenters. The van der Waals surface area contributed by atoms with E-state index in [4.69, 9.17) is 10.2 Å². The molecule has 3 N–H and O–H groups in total. The van der Waals surface area contributed by atoms with E-state index < -0.39 is 15.1 Å². The van der Waals surface area contributed by atoms with Crippen molar-refractivity contribution >= 4 is 27.0 Å². The van der Waals surface area contributed by atoms with E-state index in [1.165, 1.54) is 6.20 Å². The monoisotopic (exact) mass is 470 g/mol. The lowest BCUT2D eigenvalue weighted by Gasteiger charge is -2.09. The van der Waals surface area contributed by atoms with Crippen molar-refractivity contribution in [2.45, 2.75) is 30.5 Å². The van der Waals surface area contributed by atoms with Crippen LogP contribution < -0.4 is 11.1 Å². The lowest BCUT2D eigenvalue weighted by Crippen LogP contribution is -2.13. The first-order valence-electron chi connectivity index (χ1n) is 9.84. The van der Waals surface area contributed by atoms with E-state index in [1.54, 1.807) is 49.4 Å². The Morgan fingerprint density at radius 2 is 1.81 bits per heavy atom. The zero-order valence-electron chi connectivity index (χ0n) is 17.7. The van der Waals surface area contributed by atoms with Gasteiger partial charge in [0.25, 0.3) is 11.8 Å². The highest BCUT2D eigenvalue weighted by Crippen LogP contribution is 2.31. The second-order valence-electron chi connectivity index (χ2n) is 7.32. The van der Waals surface area contributed by atoms with Gasteiger partial charge in [-0.2, -0.15) is 0 Å². The second kappa shape index (κ2) is 8.77. The Kier molecular flexibility index (Phi) is 6.04. The van der Waals surface area contributed by atoms with Gasteiger partial charge in [-0.3, -0.25) is 0 Å². The molecule has 0 spiro atoms. The molecule has 3 heterocycles. The fourth-order valence-electron chi connectivity index (χ4n) is 2.96. The third kappa shape index (κ3) is 4.27. The molecule has 3 aromatic heterocycles. The molecule has 4 aromatic rings. The van der Waals surface area contributed by atoms with E-state index in [1.807, 2.05) is 19.2 Å². The lowest BCUT2D eigenvalue weighted by molar-refractivity contribution is 0.583. The molecule has 0 unspecified atom stereocenters. The van der Waals surface area contributed by atoms with Crippen molar-refractivity contribution in [2.75, 3.05) is 12.8 Å². The lowest BCUT2D eigenvalue weighted by atomic mass is 10.1. The predicted molar refractivity (Wildman–Crippen MR) is 124 cm³/mol. The minimum Gasteiger partial charge on any atom is -0.414 e. The van der Waals surface area contributed by atoms with E-state index in [2.05, 4.69) is 25.5 Å². The number of thiophene rings is 1. The van der Waals surface area contributed by atoms with Crippen LogP contribution in [0.1, 0.15) is 18.7 Å². The van der Waals surface area contributed by atoms with Crippen LogP contribution in [0.5, 0.6) is 0 Å². The molecule has 4 rings (SSSR count). The number of anilines is 1. The Labute approximate surface area is 189 Å². The highest BCUT2D eigenvalue weighted by Gasteiger charge is 2.20. The van der Waals surface area contributed by atoms with Crippen molar-refractivity contribution in [1.82, 2.24) is 25.5 Å². The quantitative estimate of drug-likeness (QED) is 0.416. The van der Waals surface area contributed by atoms with Crippen molar-refractivity contribution in [2.24, 2.45) is 0 Å². The summed E-state index contributed by atoms with van der Waals surface area (Å²) in [5, 5.41) is 10.8. The average Bonchev–Trinajstić information content (AvgIpc) is 3.44. The normalized spacial score (nSPS) is 11.9. The van der Waals surface area contributed by atoms with Crippen LogP contribution in [0.25, 0.3) is 33.6 Å². The van der Waals surface area contributed by atoms with Crippen LogP contribution in [0.4, 0.5) is 5.82 Å². The standard InChI is InChI=1S/C21H22N6O3S2/c1-12(2)32(28,29)15-7-4-13(5-8-15)16-11-24-19(22)18(25-16)21-27-26-20(30-21)17-9-6-14(31-17)10-23-3/h4-9,11-12,23H,10H2,1-3H3,(H2,22,24). The van der Waals surface area contributed by atoms with E-state index >= 15 is 0 Å². The largest absolute Gasteiger partial charge is 0.414 e. The number of hydrogen-bond donors (Lipinski definition) is 2. The van der Waals surface area contributed by atoms with Gasteiger partial charge in [0.15, 0.2) is 21.3 Å². The molecule has 166 valence electrons. The van der Waals surface area contributed by atoms with Crippen LogP contribution in [0.3, 0.4) is 0 Å². The topological polar surface area (TPSA) is 137 Å². The van der Waals surface area contributed by atoms with Gasteiger partial charge in [0, 0.05) is 17.0 Å². The Bertz CT molecular complexity index is 1340. The zero-order valence-corrected chi connectivity index (χ0v) is 19.4. The van der Waals surface area contributed by atoms with Crippen LogP contribution in [-0.2, 0) is 16.4 Å². The fourth-order valence-corrected chi connectivity index (χ4v) is 4.96. The summed E-state index contributed by atoms with van der Waals surface area (Å²) >= 11 is 1.55. The zero-order chi connectivity index (χ0) is 22.9. The molecule has 9 nitrogen and oxygen atoms in total. The summed E-state index contributed by atoms with van der Waals surface area (Å²) in [6, 6.07) is 10.4. The molecule has 32 heavy (non-hydrogen) atoms. The Morgan fingerprint density at radius 1 is 1.09 bits per heavy atom. The van der Waals surface area contributed by atoms with Gasteiger partial charge in [-0.1, -0.05) is 12.1 Å². The van der Waals surface area contributed by atoms with E-state index in [9.17, 15) is 8.42 Å². The molecule has 1 aromatic carbocycles. The first-order chi connectivity index (χ1) is 15.3. The Hall–Kier alpha value is -3.15. The molecular formula is C21H22N6O3S2. The highest BCUT2D eigenvalue weighted by atomic mass is 32.2. The van der Waals surface area contributed by atoms with Gasteiger partial charge in [0.2, 0.25) is 0 Å². The molecule has 11 heteroatoms. The number of nitrogens with two attached hydrogens (primary N) is 1. The average molecular weight is 471 g/mol. The fraction of sp³-hybridized carbons (Fsp3) is 0.238. The highest BCUT2D eigenvalue weighted by molar-refractivity contribution is 7.92. The number of sulfone groups is 1. The number of nitrogens with zero attached hydrogens (tertiary/aromatic N) is 4. The van der Waals surface area contributed by atoms with Gasteiger partial charge >= 0.3 is 0 Å². The summed E-state index contributed by atoms with van der Waals surface area (Å²) < 4.78 is 30.5. The van der Waals surface area contributed by atoms with Crippen molar-refractivity contribution in [3.05, 3.63) is 47.5 Å². The van der Waals surface area contributed by atoms with E-state index in [0.717, 1.165) is 16.3 Å². The molecule has 0 radical (unpaired) electrons. The summed E-state index contributed by atoms with van der Waals surface area (Å²) in [7, 11) is -1.47. The molecule has 0 saturated carbocycles. The smallest absolute Gasteiger partial charge is 0.270 e. The summed E-state index contributed by atoms with van der Waals surface area (Å²) in [5.41, 5.74) is 7.49. The van der Waals surface area contributed by atoms with Crippen LogP contribution >= 0.6 is 11.3 Å². The molecule has 0 amide bonds. The van der Waals surface area contributed by atoms with Gasteiger partial charge in [-0.25, -0.2) is 18.4 Å². The molecule has 0 fully saturated rings. The maximum atomic E-state index is 12.3. The van der Waals surface area contributed by atoms with Gasteiger partial charge in [-0.05, 0) is 45.2 Å². The number of benzene rings is 1. The summed E-state index contributed by atoms with van der Waals surface area (Å²) in [6.45, 7) is 4.05. The number of rotatable bonds is 7. The molecule has 0 aliphatic heterocycles. The number of nitrogen functional groups attached to an aromatic ring is 1. The summed E-state index contributed by atoms with van der Waals surface area (Å²) in [4.78, 5) is 11.0. The van der Waals surface area contributed by atoms with Crippen molar-refractivity contribution in [1.29, 1.82) is 0 Å². The van der Waals surface area contributed by atoms with E-state index in [-0.39, 0.29) is 22.3 Å². The van der Waals surface area contributed by atoms with Gasteiger partial charge < -0.3 is 15.5 Å². The third-order valence-corrected chi connectivity index (χ3v) is 7.99. The summed E-state index contributed by atoms with van der Waals surface area (Å²) in [6.07, 6.45) is 1.52. The maximum Gasteiger partial charge on any atom is 0.270 e. The Morgan fingerprint density at radius 3 is 2.50 bits per heavy atom. The van der Waals surface area contributed by atoms with Crippen LogP contribution in [0.2, 0.25) is 0 Å². The van der Waals surface area contributed by atoms with Crippen molar-refractivity contribution in [3.63, 3.8) is 0 Å². The van der Waals surface area contributed by atoms with Crippen molar-refractivity contribution < 1.29 is 12.8 Å². The SMILES string of the molecule is CNCc1ccc(-c2nnc(-c3nc(-c4ccc(S(=O)(=O)C(C)C)cc4)cnc3N)o2)s1. The third-order valence-electron chi connectivity index (χ3n) is 4.75. The molecular weight excluding hydrogens is 448 g/mol. The maximum absolute atomic E-state index is 12.3. The minimum absolute atomic E-state index is 0.157. The second-order valence-corrected chi connectivity index (χ2v) is 11.0. The summed E-state index contributed by atoms with van der Waals surface area (Å²) in [5.74, 6) is 0.696. The van der Waals surface area contributed by atoms with Crippen LogP contribution in [-0.4, -0.2) is 40.9 Å². The predicted octanol–water partition coefficient (Wildman–Crippen LogP) is 3.41. The first-order valence-corrected chi connectivity index (χ1v) is 12.2.